The molecule has 3 aromatic carbocycles. The Balaban J connectivity index is 1.79. The van der Waals surface area contributed by atoms with E-state index in [-0.39, 0.29) is 6.17 Å². The first-order valence-corrected chi connectivity index (χ1v) is 8.12. The van der Waals surface area contributed by atoms with Crippen LogP contribution in [0.3, 0.4) is 0 Å². The van der Waals surface area contributed by atoms with Gasteiger partial charge in [-0.1, -0.05) is 78.4 Å². The highest BCUT2D eigenvalue weighted by Gasteiger charge is 2.30. The summed E-state index contributed by atoms with van der Waals surface area (Å²) < 4.78 is 0. The standard InChI is InChI=1S/C21H19N3/c1-16-12-14-19(15-13-16)24-20(17-8-4-2-5-9-17)22-23-21(24)18-10-6-3-7-11-18/h2-15,20,22H,1H3. The number of hydrazone groups is 1. The zero-order valence-corrected chi connectivity index (χ0v) is 13.6. The number of nitrogens with one attached hydrogen (secondary N) is 1. The van der Waals surface area contributed by atoms with E-state index in [2.05, 4.69) is 83.0 Å². The molecule has 0 spiro atoms. The Labute approximate surface area is 142 Å². The highest BCUT2D eigenvalue weighted by molar-refractivity contribution is 6.11. The fourth-order valence-corrected chi connectivity index (χ4v) is 2.98. The molecule has 0 saturated carbocycles. The average Bonchev–Trinajstić information content (AvgIpc) is 3.09. The molecule has 0 aliphatic carbocycles. The van der Waals surface area contributed by atoms with Crippen LogP contribution in [-0.4, -0.2) is 5.84 Å². The van der Waals surface area contributed by atoms with Gasteiger partial charge < -0.3 is 0 Å². The number of nitrogens with zero attached hydrogens (tertiary/aromatic N) is 2. The molecular formula is C21H19N3. The van der Waals surface area contributed by atoms with Gasteiger partial charge in [-0.15, -0.1) is 0 Å². The smallest absolute Gasteiger partial charge is 0.162 e. The van der Waals surface area contributed by atoms with E-state index >= 15 is 0 Å². The number of amidine groups is 1. The van der Waals surface area contributed by atoms with Crippen LogP contribution < -0.4 is 10.3 Å². The summed E-state index contributed by atoms with van der Waals surface area (Å²) in [4.78, 5) is 2.25. The third-order valence-corrected chi connectivity index (χ3v) is 4.24. The number of anilines is 1. The first-order chi connectivity index (χ1) is 11.8. The van der Waals surface area contributed by atoms with Gasteiger partial charge in [0.05, 0.1) is 0 Å². The van der Waals surface area contributed by atoms with Crippen LogP contribution in [0.5, 0.6) is 0 Å². The zero-order chi connectivity index (χ0) is 16.4. The van der Waals surface area contributed by atoms with E-state index in [4.69, 9.17) is 0 Å². The molecule has 0 amide bonds. The molecule has 3 nitrogen and oxygen atoms in total. The molecule has 1 N–H and O–H groups in total. The Hall–Kier alpha value is -3.07. The number of benzene rings is 3. The van der Waals surface area contributed by atoms with E-state index < -0.39 is 0 Å². The molecule has 24 heavy (non-hydrogen) atoms. The predicted molar refractivity (Wildman–Crippen MR) is 99.0 cm³/mol. The van der Waals surface area contributed by atoms with Crippen molar-refractivity contribution in [3.05, 3.63) is 102 Å². The van der Waals surface area contributed by atoms with Gasteiger partial charge in [-0.05, 0) is 24.6 Å². The second-order valence-corrected chi connectivity index (χ2v) is 5.95. The molecule has 118 valence electrons. The van der Waals surface area contributed by atoms with Gasteiger partial charge in [0.2, 0.25) is 0 Å². The minimum atomic E-state index is -0.0101. The topological polar surface area (TPSA) is 27.6 Å². The van der Waals surface area contributed by atoms with E-state index in [0.29, 0.717) is 0 Å². The van der Waals surface area contributed by atoms with Crippen LogP contribution in [0.15, 0.2) is 90.0 Å². The summed E-state index contributed by atoms with van der Waals surface area (Å²) in [6.45, 7) is 2.10. The van der Waals surface area contributed by atoms with Crippen LogP contribution in [0.4, 0.5) is 5.69 Å². The SMILES string of the molecule is Cc1ccc(N2C(c3ccccc3)=NNC2c2ccccc2)cc1. The first kappa shape index (κ1) is 14.5. The van der Waals surface area contributed by atoms with Crippen molar-refractivity contribution in [3.8, 4) is 0 Å². The summed E-state index contributed by atoms with van der Waals surface area (Å²) in [5, 5.41) is 4.64. The van der Waals surface area contributed by atoms with Gasteiger partial charge in [0.1, 0.15) is 6.17 Å². The van der Waals surface area contributed by atoms with Crippen molar-refractivity contribution >= 4 is 11.5 Å². The second kappa shape index (κ2) is 6.20. The van der Waals surface area contributed by atoms with Gasteiger partial charge in [-0.3, -0.25) is 10.3 Å². The van der Waals surface area contributed by atoms with Gasteiger partial charge in [-0.2, -0.15) is 5.10 Å². The monoisotopic (exact) mass is 313 g/mol. The molecule has 1 unspecified atom stereocenters. The Morgan fingerprint density at radius 1 is 0.792 bits per heavy atom. The van der Waals surface area contributed by atoms with Crippen molar-refractivity contribution in [2.45, 2.75) is 13.1 Å². The van der Waals surface area contributed by atoms with Crippen LogP contribution >= 0.6 is 0 Å². The van der Waals surface area contributed by atoms with Crippen molar-refractivity contribution < 1.29 is 0 Å². The lowest BCUT2D eigenvalue weighted by Gasteiger charge is -2.28. The van der Waals surface area contributed by atoms with Gasteiger partial charge in [0, 0.05) is 11.3 Å². The lowest BCUT2D eigenvalue weighted by atomic mass is 10.1. The van der Waals surface area contributed by atoms with E-state index in [1.165, 1.54) is 11.1 Å². The van der Waals surface area contributed by atoms with Crippen molar-refractivity contribution in [2.24, 2.45) is 5.10 Å². The second-order valence-electron chi connectivity index (χ2n) is 5.95. The summed E-state index contributed by atoms with van der Waals surface area (Å²) in [6.07, 6.45) is -0.0101. The summed E-state index contributed by atoms with van der Waals surface area (Å²) in [5.41, 5.74) is 7.96. The first-order valence-electron chi connectivity index (χ1n) is 8.12. The minimum absolute atomic E-state index is 0.0101. The Morgan fingerprint density at radius 2 is 1.42 bits per heavy atom. The van der Waals surface area contributed by atoms with Gasteiger partial charge in [-0.25, -0.2) is 0 Å². The molecule has 0 aromatic heterocycles. The molecule has 3 aromatic rings. The Kier molecular flexibility index (Phi) is 3.75. The molecule has 1 aliphatic heterocycles. The van der Waals surface area contributed by atoms with Crippen LogP contribution in [0.25, 0.3) is 0 Å². The third-order valence-electron chi connectivity index (χ3n) is 4.24. The minimum Gasteiger partial charge on any atom is -0.298 e. The fourth-order valence-electron chi connectivity index (χ4n) is 2.98. The molecular weight excluding hydrogens is 294 g/mol. The lowest BCUT2D eigenvalue weighted by molar-refractivity contribution is 0.617. The Bertz CT molecular complexity index is 839. The molecule has 1 heterocycles. The molecule has 1 atom stereocenters. The van der Waals surface area contributed by atoms with Gasteiger partial charge in [0.15, 0.2) is 5.84 Å². The number of hydrogen-bond donors (Lipinski definition) is 1. The molecule has 0 bridgehead atoms. The normalized spacial score (nSPS) is 16.6. The highest BCUT2D eigenvalue weighted by atomic mass is 15.5. The maximum atomic E-state index is 4.64. The summed E-state index contributed by atoms with van der Waals surface area (Å²) in [7, 11) is 0. The van der Waals surface area contributed by atoms with E-state index in [9.17, 15) is 0 Å². The number of hydrogen-bond acceptors (Lipinski definition) is 3. The van der Waals surface area contributed by atoms with E-state index in [1.54, 1.807) is 0 Å². The number of aryl methyl sites for hydroxylation is 1. The van der Waals surface area contributed by atoms with Crippen molar-refractivity contribution in [1.82, 2.24) is 5.43 Å². The predicted octanol–water partition coefficient (Wildman–Crippen LogP) is 4.47. The zero-order valence-electron chi connectivity index (χ0n) is 13.6. The van der Waals surface area contributed by atoms with Crippen molar-refractivity contribution in [1.29, 1.82) is 0 Å². The molecule has 3 heteroatoms. The highest BCUT2D eigenvalue weighted by Crippen LogP contribution is 2.31. The lowest BCUT2D eigenvalue weighted by Crippen LogP contribution is -2.33. The van der Waals surface area contributed by atoms with Gasteiger partial charge in [0.25, 0.3) is 0 Å². The third kappa shape index (κ3) is 2.65. The molecule has 4 rings (SSSR count). The summed E-state index contributed by atoms with van der Waals surface area (Å²) in [6, 6.07) is 29.3. The average molecular weight is 313 g/mol. The largest absolute Gasteiger partial charge is 0.298 e. The van der Waals surface area contributed by atoms with Crippen LogP contribution in [-0.2, 0) is 0 Å². The van der Waals surface area contributed by atoms with Gasteiger partial charge >= 0.3 is 0 Å². The molecule has 0 radical (unpaired) electrons. The summed E-state index contributed by atoms with van der Waals surface area (Å²) >= 11 is 0. The number of rotatable bonds is 3. The van der Waals surface area contributed by atoms with E-state index in [1.807, 2.05) is 24.3 Å². The quantitative estimate of drug-likeness (QED) is 0.773. The van der Waals surface area contributed by atoms with Crippen LogP contribution in [0, 0.1) is 6.92 Å². The fraction of sp³-hybridized carbons (Fsp3) is 0.0952. The molecule has 0 fully saturated rings. The maximum absolute atomic E-state index is 4.64. The molecule has 1 aliphatic rings. The molecule has 0 saturated heterocycles. The van der Waals surface area contributed by atoms with Crippen molar-refractivity contribution in [2.75, 3.05) is 4.90 Å². The Morgan fingerprint density at radius 3 is 2.08 bits per heavy atom. The van der Waals surface area contributed by atoms with Crippen LogP contribution in [0.1, 0.15) is 22.9 Å². The maximum Gasteiger partial charge on any atom is 0.162 e. The van der Waals surface area contributed by atoms with Crippen LogP contribution in [0.2, 0.25) is 0 Å². The summed E-state index contributed by atoms with van der Waals surface area (Å²) in [5.74, 6) is 0.938. The van der Waals surface area contributed by atoms with Crippen molar-refractivity contribution in [3.63, 3.8) is 0 Å². The van der Waals surface area contributed by atoms with E-state index in [0.717, 1.165) is 17.1 Å².